The number of piperidine rings is 1. The number of methoxy groups -OCH3 is 1. The molecule has 6 rings (SSSR count). The van der Waals surface area contributed by atoms with Gasteiger partial charge in [0.2, 0.25) is 0 Å². The normalized spacial score (nSPS) is 25.3. The Labute approximate surface area is 251 Å². The number of hydrogen-bond acceptors (Lipinski definition) is 5. The second-order valence-corrected chi connectivity index (χ2v) is 12.6. The van der Waals surface area contributed by atoms with Gasteiger partial charge >= 0.3 is 6.03 Å². The molecule has 3 heterocycles. The third kappa shape index (κ3) is 6.58. The van der Waals surface area contributed by atoms with E-state index in [1.54, 1.807) is 7.11 Å². The van der Waals surface area contributed by atoms with Crippen molar-refractivity contribution in [1.29, 1.82) is 0 Å². The van der Waals surface area contributed by atoms with Gasteiger partial charge < -0.3 is 19.9 Å². The summed E-state index contributed by atoms with van der Waals surface area (Å²) in [5.41, 5.74) is 1.62. The summed E-state index contributed by atoms with van der Waals surface area (Å²) in [7, 11) is 1.63. The van der Waals surface area contributed by atoms with Crippen molar-refractivity contribution in [2.75, 3.05) is 46.4 Å². The van der Waals surface area contributed by atoms with Crippen LogP contribution in [-0.4, -0.2) is 78.6 Å². The van der Waals surface area contributed by atoms with Crippen LogP contribution in [0, 0.1) is 11.8 Å². The van der Waals surface area contributed by atoms with E-state index in [9.17, 15) is 9.59 Å². The Balaban J connectivity index is 0.00000337. The molecule has 7 nitrogen and oxygen atoms in total. The highest BCUT2D eigenvalue weighted by atomic mass is 35.5. The number of benzene rings is 2. The number of imide groups is 1. The summed E-state index contributed by atoms with van der Waals surface area (Å²) in [4.78, 5) is 33.1. The molecular formula is C33H45ClN4O3. The molecular weight excluding hydrogens is 536 g/mol. The first-order valence-electron chi connectivity index (χ1n) is 15.3. The zero-order valence-corrected chi connectivity index (χ0v) is 25.1. The van der Waals surface area contributed by atoms with Crippen molar-refractivity contribution in [1.82, 2.24) is 20.0 Å². The highest BCUT2D eigenvalue weighted by Gasteiger charge is 2.52. The van der Waals surface area contributed by atoms with Gasteiger partial charge in [-0.2, -0.15) is 0 Å². The topological polar surface area (TPSA) is 65.1 Å². The number of urea groups is 1. The van der Waals surface area contributed by atoms with E-state index in [0.717, 1.165) is 50.0 Å². The second-order valence-electron chi connectivity index (χ2n) is 12.6. The maximum absolute atomic E-state index is 13.5. The molecule has 0 unspecified atom stereocenters. The van der Waals surface area contributed by atoms with E-state index in [2.05, 4.69) is 45.4 Å². The van der Waals surface area contributed by atoms with E-state index < -0.39 is 5.54 Å². The first-order valence-corrected chi connectivity index (χ1v) is 15.3. The van der Waals surface area contributed by atoms with Gasteiger partial charge in [0.1, 0.15) is 11.3 Å². The van der Waals surface area contributed by atoms with Crippen LogP contribution >= 0.6 is 12.4 Å². The van der Waals surface area contributed by atoms with Crippen molar-refractivity contribution < 1.29 is 14.3 Å². The zero-order chi connectivity index (χ0) is 27.5. The summed E-state index contributed by atoms with van der Waals surface area (Å²) in [6.07, 6.45) is 8.32. The number of carbonyl (C=O) groups excluding carboxylic acids is 2. The number of hydrogen-bond donors (Lipinski definition) is 1. The summed E-state index contributed by atoms with van der Waals surface area (Å²) in [5.74, 6) is 2.68. The first-order chi connectivity index (χ1) is 19.5. The molecule has 2 aromatic rings. The molecule has 0 radical (unpaired) electrons. The third-order valence-electron chi connectivity index (χ3n) is 9.93. The molecule has 3 amide bonds. The molecule has 0 aromatic heterocycles. The fourth-order valence-corrected chi connectivity index (χ4v) is 7.63. The summed E-state index contributed by atoms with van der Waals surface area (Å²) < 4.78 is 5.23. The average Bonchev–Trinajstić information content (AvgIpc) is 3.49. The van der Waals surface area contributed by atoms with E-state index in [1.165, 1.54) is 49.1 Å². The quantitative estimate of drug-likeness (QED) is 0.429. The third-order valence-corrected chi connectivity index (χ3v) is 9.93. The van der Waals surface area contributed by atoms with Crippen LogP contribution in [0.3, 0.4) is 0 Å². The SMILES string of the molecule is COc1ccc(CN2C(=O)NC3(CCN(C[C@H]4CN(CC5CCCCC5)C[C@@H]4c4ccccc4)CC3)C2=O)cc1.Cl. The number of halogens is 1. The molecule has 2 aromatic carbocycles. The number of nitrogens with zero attached hydrogens (tertiary/aromatic N) is 3. The molecule has 8 heteroatoms. The number of likely N-dealkylation sites (tertiary alicyclic amines) is 2. The van der Waals surface area contributed by atoms with Gasteiger partial charge in [-0.25, -0.2) is 4.79 Å². The van der Waals surface area contributed by atoms with Crippen molar-refractivity contribution in [2.45, 2.75) is 62.9 Å². The number of nitrogens with one attached hydrogen (secondary N) is 1. The lowest BCUT2D eigenvalue weighted by Crippen LogP contribution is -2.55. The standard InChI is InChI=1S/C33H44N4O3.ClH/c1-40-29-14-12-26(13-15-29)21-37-31(38)33(34-32(37)39)16-18-35(19-17-33)22-28-23-36(20-25-8-4-2-5-9-25)24-30(28)27-10-6-3-7-11-27;/h3,6-7,10-15,25,28,30H,2,4-5,8-9,16-24H2,1H3,(H,34,39);1H/t28-,30+;/m0./s1. The highest BCUT2D eigenvalue weighted by molar-refractivity contribution is 6.07. The number of rotatable bonds is 8. The molecule has 4 fully saturated rings. The molecule has 222 valence electrons. The summed E-state index contributed by atoms with van der Waals surface area (Å²) in [6.45, 7) is 6.56. The Bertz CT molecular complexity index is 1160. The van der Waals surface area contributed by atoms with Gasteiger partial charge in [0.05, 0.1) is 13.7 Å². The second kappa shape index (κ2) is 13.1. The Morgan fingerprint density at radius 1 is 0.878 bits per heavy atom. The van der Waals surface area contributed by atoms with Crippen LogP contribution in [0.5, 0.6) is 5.75 Å². The van der Waals surface area contributed by atoms with Crippen molar-refractivity contribution in [3.8, 4) is 5.75 Å². The van der Waals surface area contributed by atoms with Gasteiger partial charge in [-0.05, 0) is 60.8 Å². The maximum Gasteiger partial charge on any atom is 0.325 e. The lowest BCUT2D eigenvalue weighted by Gasteiger charge is -2.39. The van der Waals surface area contributed by atoms with Gasteiger partial charge in [0, 0.05) is 45.2 Å². The Kier molecular flexibility index (Phi) is 9.57. The maximum atomic E-state index is 13.5. The molecule has 3 aliphatic heterocycles. The van der Waals surface area contributed by atoms with Crippen LogP contribution in [0.25, 0.3) is 0 Å². The van der Waals surface area contributed by atoms with Crippen molar-refractivity contribution >= 4 is 24.3 Å². The van der Waals surface area contributed by atoms with E-state index in [-0.39, 0.29) is 30.9 Å². The van der Waals surface area contributed by atoms with Gasteiger partial charge in [-0.3, -0.25) is 9.69 Å². The summed E-state index contributed by atoms with van der Waals surface area (Å²) >= 11 is 0. The molecule has 41 heavy (non-hydrogen) atoms. The van der Waals surface area contributed by atoms with E-state index in [4.69, 9.17) is 4.74 Å². The minimum atomic E-state index is -0.762. The molecule has 2 atom stereocenters. The predicted octanol–water partition coefficient (Wildman–Crippen LogP) is 5.30. The van der Waals surface area contributed by atoms with Gasteiger partial charge in [-0.1, -0.05) is 61.7 Å². The summed E-state index contributed by atoms with van der Waals surface area (Å²) in [6, 6.07) is 18.3. The monoisotopic (exact) mass is 580 g/mol. The van der Waals surface area contributed by atoms with Crippen molar-refractivity contribution in [3.63, 3.8) is 0 Å². The number of amides is 3. The molecule has 4 aliphatic rings. The number of carbonyl (C=O) groups is 2. The van der Waals surface area contributed by atoms with Crippen LogP contribution < -0.4 is 10.1 Å². The average molecular weight is 581 g/mol. The lowest BCUT2D eigenvalue weighted by molar-refractivity contribution is -0.133. The van der Waals surface area contributed by atoms with Crippen LogP contribution in [0.1, 0.15) is 62.0 Å². The molecule has 0 bridgehead atoms. The molecule has 1 aliphatic carbocycles. The Morgan fingerprint density at radius 2 is 1.59 bits per heavy atom. The summed E-state index contributed by atoms with van der Waals surface area (Å²) in [5, 5.41) is 3.09. The van der Waals surface area contributed by atoms with Gasteiger partial charge in [0.25, 0.3) is 5.91 Å². The molecule has 3 saturated heterocycles. The van der Waals surface area contributed by atoms with Crippen LogP contribution in [0.15, 0.2) is 54.6 Å². The van der Waals surface area contributed by atoms with E-state index in [0.29, 0.717) is 24.7 Å². The largest absolute Gasteiger partial charge is 0.497 e. The van der Waals surface area contributed by atoms with Crippen LogP contribution in [0.2, 0.25) is 0 Å². The Hall–Kier alpha value is -2.61. The lowest BCUT2D eigenvalue weighted by atomic mass is 9.85. The zero-order valence-electron chi connectivity index (χ0n) is 24.3. The fourth-order valence-electron chi connectivity index (χ4n) is 7.63. The van der Waals surface area contributed by atoms with Crippen molar-refractivity contribution in [2.24, 2.45) is 11.8 Å². The molecule has 1 N–H and O–H groups in total. The fraction of sp³-hybridized carbons (Fsp3) is 0.576. The van der Waals surface area contributed by atoms with Crippen molar-refractivity contribution in [3.05, 3.63) is 65.7 Å². The molecule has 1 saturated carbocycles. The van der Waals surface area contributed by atoms with Gasteiger partial charge in [-0.15, -0.1) is 12.4 Å². The van der Waals surface area contributed by atoms with E-state index in [1.807, 2.05) is 24.3 Å². The Morgan fingerprint density at radius 3 is 2.27 bits per heavy atom. The minimum Gasteiger partial charge on any atom is -0.497 e. The highest BCUT2D eigenvalue weighted by Crippen LogP contribution is 2.37. The predicted molar refractivity (Wildman–Crippen MR) is 163 cm³/mol. The molecule has 1 spiro atoms. The van der Waals surface area contributed by atoms with E-state index >= 15 is 0 Å². The van der Waals surface area contributed by atoms with Crippen LogP contribution in [0.4, 0.5) is 4.79 Å². The van der Waals surface area contributed by atoms with Gasteiger partial charge in [0.15, 0.2) is 0 Å². The smallest absolute Gasteiger partial charge is 0.325 e. The minimum absolute atomic E-state index is 0. The van der Waals surface area contributed by atoms with Crippen LogP contribution in [-0.2, 0) is 11.3 Å². The number of ether oxygens (including phenoxy) is 1. The first kappa shape index (κ1) is 29.9.